The first kappa shape index (κ1) is 19.7. The molecule has 0 bridgehead atoms. The lowest BCUT2D eigenvalue weighted by Gasteiger charge is -2.25. The predicted molar refractivity (Wildman–Crippen MR) is 109 cm³/mol. The van der Waals surface area contributed by atoms with Gasteiger partial charge in [0.15, 0.2) is 11.5 Å². The van der Waals surface area contributed by atoms with Crippen molar-refractivity contribution in [3.05, 3.63) is 78.6 Å². The molecule has 7 nitrogen and oxygen atoms in total. The lowest BCUT2D eigenvalue weighted by Crippen LogP contribution is -2.40. The molecule has 1 aliphatic heterocycles. The van der Waals surface area contributed by atoms with Crippen molar-refractivity contribution in [1.82, 2.24) is 0 Å². The van der Waals surface area contributed by atoms with E-state index in [9.17, 15) is 17.6 Å². The van der Waals surface area contributed by atoms with Gasteiger partial charge in [0.25, 0.3) is 15.9 Å². The van der Waals surface area contributed by atoms with Gasteiger partial charge in [0.2, 0.25) is 6.10 Å². The minimum absolute atomic E-state index is 0.0593. The Kier molecular flexibility index (Phi) is 5.28. The summed E-state index contributed by atoms with van der Waals surface area (Å²) in [5.41, 5.74) is 0.760. The third-order valence-corrected chi connectivity index (χ3v) is 5.73. The first-order valence-corrected chi connectivity index (χ1v) is 10.5. The molecule has 2 N–H and O–H groups in total. The van der Waals surface area contributed by atoms with Crippen molar-refractivity contribution in [3.8, 4) is 11.5 Å². The van der Waals surface area contributed by atoms with Crippen LogP contribution >= 0.6 is 0 Å². The van der Waals surface area contributed by atoms with Gasteiger partial charge in [-0.2, -0.15) is 0 Å². The molecule has 9 heteroatoms. The van der Waals surface area contributed by atoms with E-state index in [1.54, 1.807) is 30.3 Å². The van der Waals surface area contributed by atoms with E-state index in [-0.39, 0.29) is 17.4 Å². The highest BCUT2D eigenvalue weighted by Crippen LogP contribution is 2.31. The number of benzene rings is 3. The molecular weight excluding hydrogens is 411 g/mol. The molecule has 3 aromatic carbocycles. The number of hydrogen-bond donors (Lipinski definition) is 2. The number of carbonyl (C=O) groups is 1. The molecule has 0 saturated carbocycles. The highest BCUT2D eigenvalue weighted by Gasteiger charge is 2.27. The second kappa shape index (κ2) is 8.03. The van der Waals surface area contributed by atoms with Gasteiger partial charge in [-0.3, -0.25) is 9.52 Å². The van der Waals surface area contributed by atoms with Crippen LogP contribution in [0.5, 0.6) is 11.5 Å². The average Bonchev–Trinajstić information content (AvgIpc) is 2.75. The zero-order valence-electron chi connectivity index (χ0n) is 15.5. The van der Waals surface area contributed by atoms with Crippen molar-refractivity contribution in [3.63, 3.8) is 0 Å². The minimum atomic E-state index is -3.85. The number of ether oxygens (including phenoxy) is 2. The number of anilines is 2. The van der Waals surface area contributed by atoms with Crippen LogP contribution in [-0.2, 0) is 14.8 Å². The summed E-state index contributed by atoms with van der Waals surface area (Å²) in [6, 6.07) is 17.7. The van der Waals surface area contributed by atoms with E-state index in [1.807, 2.05) is 6.07 Å². The number of para-hydroxylation sites is 2. The van der Waals surface area contributed by atoms with E-state index in [1.165, 1.54) is 24.3 Å². The standard InChI is InChI=1S/C21H17FN2O5S/c22-14-5-11-17(12-6-14)30(26,27)24-16-9-7-15(8-10-16)23-21(25)20-13-28-18-3-1-2-4-19(18)29-20/h1-12,20,24H,13H2,(H,23,25). The molecule has 1 amide bonds. The molecule has 3 aromatic rings. The Morgan fingerprint density at radius 2 is 1.53 bits per heavy atom. The molecule has 0 spiro atoms. The van der Waals surface area contributed by atoms with E-state index < -0.39 is 21.9 Å². The van der Waals surface area contributed by atoms with Gasteiger partial charge in [-0.1, -0.05) is 12.1 Å². The molecule has 0 fully saturated rings. The Balaban J connectivity index is 1.39. The summed E-state index contributed by atoms with van der Waals surface area (Å²) >= 11 is 0. The monoisotopic (exact) mass is 428 g/mol. The fourth-order valence-electron chi connectivity index (χ4n) is 2.82. The summed E-state index contributed by atoms with van der Waals surface area (Å²) in [5, 5.41) is 2.71. The number of amides is 1. The molecule has 1 heterocycles. The molecule has 1 aliphatic rings. The lowest BCUT2D eigenvalue weighted by molar-refractivity contribution is -0.125. The fourth-order valence-corrected chi connectivity index (χ4v) is 3.88. The molecule has 30 heavy (non-hydrogen) atoms. The van der Waals surface area contributed by atoms with E-state index in [0.29, 0.717) is 22.9 Å². The number of hydrogen-bond acceptors (Lipinski definition) is 5. The summed E-state index contributed by atoms with van der Waals surface area (Å²) < 4.78 is 51.3. The Hall–Kier alpha value is -3.59. The van der Waals surface area contributed by atoms with Gasteiger partial charge in [0.1, 0.15) is 12.4 Å². The minimum Gasteiger partial charge on any atom is -0.485 e. The zero-order chi connectivity index (χ0) is 21.1. The SMILES string of the molecule is O=C(Nc1ccc(NS(=O)(=O)c2ccc(F)cc2)cc1)C1COc2ccccc2O1. The van der Waals surface area contributed by atoms with E-state index in [0.717, 1.165) is 12.1 Å². The maximum Gasteiger partial charge on any atom is 0.269 e. The van der Waals surface area contributed by atoms with Crippen molar-refractivity contribution >= 4 is 27.3 Å². The lowest BCUT2D eigenvalue weighted by atomic mass is 10.2. The van der Waals surface area contributed by atoms with Crippen LogP contribution in [0.4, 0.5) is 15.8 Å². The Labute approximate surface area is 172 Å². The Morgan fingerprint density at radius 1 is 0.900 bits per heavy atom. The fraction of sp³-hybridized carbons (Fsp3) is 0.0952. The van der Waals surface area contributed by atoms with E-state index >= 15 is 0 Å². The first-order chi connectivity index (χ1) is 14.4. The molecular formula is C21H17FN2O5S. The van der Waals surface area contributed by atoms with Crippen molar-refractivity contribution < 1.29 is 27.1 Å². The van der Waals surface area contributed by atoms with Crippen molar-refractivity contribution in [2.45, 2.75) is 11.0 Å². The van der Waals surface area contributed by atoms with Gasteiger partial charge < -0.3 is 14.8 Å². The van der Waals surface area contributed by atoms with Crippen LogP contribution in [0.15, 0.2) is 77.7 Å². The van der Waals surface area contributed by atoms with Crippen LogP contribution in [0.3, 0.4) is 0 Å². The normalized spacial score (nSPS) is 15.3. The summed E-state index contributed by atoms with van der Waals surface area (Å²) in [5.74, 6) is 0.169. The van der Waals surface area contributed by atoms with Gasteiger partial charge in [0, 0.05) is 11.4 Å². The molecule has 4 rings (SSSR count). The van der Waals surface area contributed by atoms with Gasteiger partial charge >= 0.3 is 0 Å². The van der Waals surface area contributed by atoms with Gasteiger partial charge in [-0.15, -0.1) is 0 Å². The first-order valence-electron chi connectivity index (χ1n) is 8.98. The highest BCUT2D eigenvalue weighted by atomic mass is 32.2. The molecule has 0 saturated heterocycles. The largest absolute Gasteiger partial charge is 0.485 e. The van der Waals surface area contributed by atoms with E-state index in [4.69, 9.17) is 9.47 Å². The van der Waals surface area contributed by atoms with Gasteiger partial charge in [-0.25, -0.2) is 12.8 Å². The van der Waals surface area contributed by atoms with Crippen molar-refractivity contribution in [2.24, 2.45) is 0 Å². The summed E-state index contributed by atoms with van der Waals surface area (Å²) in [6.45, 7) is 0.0817. The predicted octanol–water partition coefficient (Wildman–Crippen LogP) is 3.41. The number of rotatable bonds is 5. The van der Waals surface area contributed by atoms with Crippen LogP contribution in [0.25, 0.3) is 0 Å². The molecule has 1 atom stereocenters. The quantitative estimate of drug-likeness (QED) is 0.650. The number of fused-ring (bicyclic) bond motifs is 1. The van der Waals surface area contributed by atoms with Crippen molar-refractivity contribution in [1.29, 1.82) is 0 Å². The Bertz CT molecular complexity index is 1160. The molecule has 0 aromatic heterocycles. The second-order valence-corrected chi connectivity index (χ2v) is 8.17. The summed E-state index contributed by atoms with van der Waals surface area (Å²) in [6.07, 6.45) is -0.809. The molecule has 0 aliphatic carbocycles. The molecule has 0 radical (unpaired) electrons. The van der Waals surface area contributed by atoms with Crippen LogP contribution in [-0.4, -0.2) is 27.0 Å². The number of carbonyl (C=O) groups excluding carboxylic acids is 1. The van der Waals surface area contributed by atoms with Crippen LogP contribution in [0.2, 0.25) is 0 Å². The van der Waals surface area contributed by atoms with E-state index in [2.05, 4.69) is 10.0 Å². The third kappa shape index (κ3) is 4.36. The summed E-state index contributed by atoms with van der Waals surface area (Å²) in [4.78, 5) is 12.4. The van der Waals surface area contributed by atoms with Crippen molar-refractivity contribution in [2.75, 3.05) is 16.6 Å². The zero-order valence-corrected chi connectivity index (χ0v) is 16.4. The topological polar surface area (TPSA) is 93.7 Å². The highest BCUT2D eigenvalue weighted by molar-refractivity contribution is 7.92. The van der Waals surface area contributed by atoms with Gasteiger partial charge in [0.05, 0.1) is 4.90 Å². The smallest absolute Gasteiger partial charge is 0.269 e. The number of nitrogens with one attached hydrogen (secondary N) is 2. The van der Waals surface area contributed by atoms with Crippen LogP contribution in [0.1, 0.15) is 0 Å². The Morgan fingerprint density at radius 3 is 2.23 bits per heavy atom. The molecule has 1 unspecified atom stereocenters. The second-order valence-electron chi connectivity index (χ2n) is 6.49. The maximum absolute atomic E-state index is 13.0. The average molecular weight is 428 g/mol. The third-order valence-electron chi connectivity index (χ3n) is 4.33. The maximum atomic E-state index is 13.0. The van der Waals surface area contributed by atoms with Crippen LogP contribution in [0, 0.1) is 5.82 Å². The van der Waals surface area contributed by atoms with Gasteiger partial charge in [-0.05, 0) is 60.7 Å². The van der Waals surface area contributed by atoms with Crippen LogP contribution < -0.4 is 19.5 Å². The number of sulfonamides is 1. The molecule has 154 valence electrons. The number of halogens is 1. The summed E-state index contributed by atoms with van der Waals surface area (Å²) in [7, 11) is -3.85.